The van der Waals surface area contributed by atoms with Gasteiger partial charge in [-0.3, -0.25) is 14.6 Å². The SMILES string of the molecule is CC[C@H]1OC(=O)[C@H](C)[C@@H](O[C@H]2C[C@@](C)(OC)[C@@H](O)[C@H](C)O2)[C@H](C)[C@@H](C(C)C(C)C)[C@](C)(OC)C[C@@H](C)C(=O)[C@H](C)[C@H]2N(CCCCn3cnc(-c4cccnc4)c3)C(=O)O[C@]12C. The quantitative estimate of drug-likeness (QED) is 0.154. The van der Waals surface area contributed by atoms with Crippen LogP contribution in [0.4, 0.5) is 4.79 Å². The first-order chi connectivity index (χ1) is 29.2. The molecular weight excluding hydrogens is 793 g/mol. The van der Waals surface area contributed by atoms with Crippen LogP contribution in [-0.4, -0.2) is 117 Å². The molecule has 0 aliphatic carbocycles. The molecule has 0 radical (unpaired) electrons. The number of Topliss-reactive ketones (excluding diaryl/α,β-unsaturated/α-hetero) is 1. The van der Waals surface area contributed by atoms with Gasteiger partial charge in [-0.1, -0.05) is 48.5 Å². The van der Waals surface area contributed by atoms with E-state index in [0.717, 1.165) is 17.7 Å². The van der Waals surface area contributed by atoms with Crippen molar-refractivity contribution in [1.29, 1.82) is 0 Å². The van der Waals surface area contributed by atoms with Crippen LogP contribution in [0.2, 0.25) is 0 Å². The number of unbranched alkanes of at least 4 members (excludes halogenated alkanes) is 1. The minimum atomic E-state index is -1.34. The number of rotatable bonds is 13. The second kappa shape index (κ2) is 20.2. The highest BCUT2D eigenvalue weighted by molar-refractivity contribution is 5.85. The lowest BCUT2D eigenvalue weighted by Crippen LogP contribution is -2.59. The van der Waals surface area contributed by atoms with Crippen molar-refractivity contribution in [2.45, 2.75) is 175 Å². The van der Waals surface area contributed by atoms with Gasteiger partial charge in [0.25, 0.3) is 0 Å². The van der Waals surface area contributed by atoms with Gasteiger partial charge in [0.1, 0.15) is 18.0 Å². The lowest BCUT2D eigenvalue weighted by Gasteiger charge is -2.50. The summed E-state index contributed by atoms with van der Waals surface area (Å²) in [5.41, 5.74) is -1.37. The van der Waals surface area contributed by atoms with Crippen LogP contribution in [0.3, 0.4) is 0 Å². The van der Waals surface area contributed by atoms with Crippen molar-refractivity contribution in [3.8, 4) is 11.3 Å². The molecular formula is C48H76N4O10. The number of methoxy groups -OCH3 is 2. The summed E-state index contributed by atoms with van der Waals surface area (Å²) in [6.45, 7) is 24.7. The Bertz CT molecular complexity index is 1810. The molecule has 3 fully saturated rings. The summed E-state index contributed by atoms with van der Waals surface area (Å²) in [6.07, 6.45) is 5.19. The number of nitrogens with zero attached hydrogens (tertiary/aromatic N) is 4. The van der Waals surface area contributed by atoms with E-state index < -0.39 is 83.4 Å². The predicted molar refractivity (Wildman–Crippen MR) is 235 cm³/mol. The number of aliphatic hydroxyl groups excluding tert-OH is 1. The van der Waals surface area contributed by atoms with E-state index in [0.29, 0.717) is 32.4 Å². The third-order valence-corrected chi connectivity index (χ3v) is 15.0. The summed E-state index contributed by atoms with van der Waals surface area (Å²) < 4.78 is 40.4. The number of ether oxygens (including phenoxy) is 6. The average Bonchev–Trinajstić information content (AvgIpc) is 3.82. The molecule has 14 nitrogen and oxygen atoms in total. The molecule has 0 saturated carbocycles. The first-order valence-electron chi connectivity index (χ1n) is 22.9. The zero-order chi connectivity index (χ0) is 45.9. The minimum Gasteiger partial charge on any atom is -0.458 e. The van der Waals surface area contributed by atoms with E-state index in [2.05, 4.69) is 44.6 Å². The largest absolute Gasteiger partial charge is 0.458 e. The van der Waals surface area contributed by atoms with E-state index in [-0.39, 0.29) is 35.9 Å². The fourth-order valence-corrected chi connectivity index (χ4v) is 11.0. The summed E-state index contributed by atoms with van der Waals surface area (Å²) >= 11 is 0. The molecule has 348 valence electrons. The van der Waals surface area contributed by atoms with E-state index in [4.69, 9.17) is 28.4 Å². The molecule has 0 aromatic carbocycles. The molecule has 5 heterocycles. The summed E-state index contributed by atoms with van der Waals surface area (Å²) in [5.74, 6) is -2.66. The van der Waals surface area contributed by atoms with Crippen molar-refractivity contribution in [2.75, 3.05) is 20.8 Å². The van der Waals surface area contributed by atoms with Crippen molar-refractivity contribution in [3.05, 3.63) is 37.1 Å². The maximum Gasteiger partial charge on any atom is 0.410 e. The molecule has 1 N–H and O–H groups in total. The van der Waals surface area contributed by atoms with Crippen LogP contribution in [0.5, 0.6) is 0 Å². The number of amides is 1. The fourth-order valence-electron chi connectivity index (χ4n) is 11.0. The number of fused-ring (bicyclic) bond motifs is 1. The van der Waals surface area contributed by atoms with Crippen molar-refractivity contribution in [2.24, 2.45) is 41.4 Å². The minimum absolute atomic E-state index is 0.0147. The van der Waals surface area contributed by atoms with Gasteiger partial charge >= 0.3 is 12.1 Å². The zero-order valence-electron chi connectivity index (χ0n) is 39.8. The number of aromatic nitrogens is 3. The molecule has 14 heteroatoms. The highest BCUT2D eigenvalue weighted by Crippen LogP contribution is 2.47. The van der Waals surface area contributed by atoms with Crippen LogP contribution < -0.4 is 0 Å². The molecule has 3 aliphatic heterocycles. The number of hydrogen-bond acceptors (Lipinski definition) is 12. The van der Waals surface area contributed by atoms with E-state index in [1.807, 2.05) is 57.5 Å². The Morgan fingerprint density at radius 1 is 0.952 bits per heavy atom. The number of imidazole rings is 1. The van der Waals surface area contributed by atoms with E-state index in [1.165, 1.54) is 0 Å². The second-order valence-electron chi connectivity index (χ2n) is 19.6. The van der Waals surface area contributed by atoms with Gasteiger partial charge in [0.05, 0.1) is 47.4 Å². The average molecular weight is 869 g/mol. The van der Waals surface area contributed by atoms with Gasteiger partial charge in [-0.15, -0.1) is 0 Å². The van der Waals surface area contributed by atoms with Crippen molar-refractivity contribution in [1.82, 2.24) is 19.4 Å². The fraction of sp³-hybridized carbons (Fsp3) is 0.771. The number of hydrogen-bond donors (Lipinski definition) is 1. The highest BCUT2D eigenvalue weighted by Gasteiger charge is 2.60. The maximum atomic E-state index is 14.9. The summed E-state index contributed by atoms with van der Waals surface area (Å²) in [5, 5.41) is 11.0. The van der Waals surface area contributed by atoms with E-state index in [9.17, 15) is 19.5 Å². The topological polar surface area (TPSA) is 161 Å². The molecule has 3 saturated heterocycles. The van der Waals surface area contributed by atoms with E-state index in [1.54, 1.807) is 51.7 Å². The predicted octanol–water partition coefficient (Wildman–Crippen LogP) is 7.74. The Balaban J connectivity index is 1.50. The van der Waals surface area contributed by atoms with Crippen LogP contribution in [0.15, 0.2) is 37.1 Å². The summed E-state index contributed by atoms with van der Waals surface area (Å²) in [7, 11) is 3.26. The maximum absolute atomic E-state index is 14.9. The Labute approximate surface area is 370 Å². The van der Waals surface area contributed by atoms with Gasteiger partial charge in [-0.2, -0.15) is 0 Å². The Morgan fingerprint density at radius 2 is 1.63 bits per heavy atom. The van der Waals surface area contributed by atoms with Crippen LogP contribution in [0.25, 0.3) is 11.3 Å². The number of aliphatic hydroxyl groups is 1. The molecule has 1 amide bonds. The van der Waals surface area contributed by atoms with Crippen molar-refractivity contribution in [3.63, 3.8) is 0 Å². The van der Waals surface area contributed by atoms with Gasteiger partial charge in [-0.05, 0) is 96.1 Å². The first kappa shape index (κ1) is 49.6. The number of ketones is 1. The van der Waals surface area contributed by atoms with Gasteiger partial charge in [0, 0.05) is 69.7 Å². The van der Waals surface area contributed by atoms with Crippen LogP contribution in [0.1, 0.15) is 115 Å². The molecule has 2 aromatic rings. The molecule has 0 bridgehead atoms. The van der Waals surface area contributed by atoms with E-state index >= 15 is 0 Å². The number of esters is 1. The normalized spacial score (nSPS) is 38.0. The standard InChI is InChI=1S/C48H76N4O10/c1-15-37-48(12)42(52(45(56)62-48)22-17-16-21-51-26-36(50-27-51)35-19-18-20-49-25-35)32(7)40(53)29(4)23-46(10,57-13)39(30(5)28(2)3)31(6)41(33(8)44(55)60-37)61-38-24-47(11,58-14)43(54)34(9)59-38/h18-20,25-34,37-39,41-43,54H,15-17,21-24H2,1-14H3/t29-,30?,31-,32+,33-,34+,37-,38+,39-,41+,42-,43+,46-,47-,48-/m1/s1. The Kier molecular flexibility index (Phi) is 16.1. The molecule has 1 unspecified atom stereocenters. The smallest absolute Gasteiger partial charge is 0.410 e. The van der Waals surface area contributed by atoms with Crippen LogP contribution >= 0.6 is 0 Å². The van der Waals surface area contributed by atoms with Gasteiger partial charge in [-0.25, -0.2) is 9.78 Å². The Hall–Kier alpha value is -3.43. The lowest BCUT2D eigenvalue weighted by molar-refractivity contribution is -0.299. The molecule has 2 aromatic heterocycles. The van der Waals surface area contributed by atoms with Gasteiger partial charge < -0.3 is 43.0 Å². The number of cyclic esters (lactones) is 1. The van der Waals surface area contributed by atoms with Crippen LogP contribution in [0, 0.1) is 41.4 Å². The molecule has 3 aliphatic rings. The molecule has 62 heavy (non-hydrogen) atoms. The number of carbonyl (C=O) groups is 3. The van der Waals surface area contributed by atoms with Gasteiger partial charge in [0.15, 0.2) is 11.9 Å². The molecule has 0 spiro atoms. The third-order valence-electron chi connectivity index (χ3n) is 15.0. The van der Waals surface area contributed by atoms with Crippen molar-refractivity contribution >= 4 is 17.8 Å². The molecule has 15 atom stereocenters. The third kappa shape index (κ3) is 10.1. The number of aryl methyl sites for hydroxylation is 1. The van der Waals surface area contributed by atoms with Crippen molar-refractivity contribution < 1.29 is 47.9 Å². The monoisotopic (exact) mass is 869 g/mol. The van der Waals surface area contributed by atoms with Crippen LogP contribution in [-0.2, 0) is 44.6 Å². The summed E-state index contributed by atoms with van der Waals surface area (Å²) in [4.78, 5) is 54.2. The lowest BCUT2D eigenvalue weighted by atomic mass is 9.63. The first-order valence-corrected chi connectivity index (χ1v) is 22.9. The summed E-state index contributed by atoms with van der Waals surface area (Å²) in [6, 6.07) is 3.13. The number of pyridine rings is 1. The zero-order valence-corrected chi connectivity index (χ0v) is 39.8. The van der Waals surface area contributed by atoms with Gasteiger partial charge in [0.2, 0.25) is 0 Å². The molecule has 5 rings (SSSR count). The number of carbonyl (C=O) groups excluding carboxylic acids is 3. The second-order valence-corrected chi connectivity index (χ2v) is 19.6. The highest BCUT2D eigenvalue weighted by atomic mass is 16.7. The Morgan fingerprint density at radius 3 is 2.24 bits per heavy atom.